The lowest BCUT2D eigenvalue weighted by Crippen LogP contribution is -2.28. The molecule has 0 saturated heterocycles. The van der Waals surface area contributed by atoms with E-state index in [1.807, 2.05) is 42.5 Å². The van der Waals surface area contributed by atoms with Crippen LogP contribution in [0.5, 0.6) is 0 Å². The second kappa shape index (κ2) is 7.32. The van der Waals surface area contributed by atoms with Crippen molar-refractivity contribution in [2.24, 2.45) is 0 Å². The first-order valence-electron chi connectivity index (χ1n) is 8.14. The van der Waals surface area contributed by atoms with Crippen LogP contribution in [-0.4, -0.2) is 28.8 Å². The molecule has 0 amide bonds. The molecular formula is C20H19NO4. The maximum atomic E-state index is 12.3. The Balaban J connectivity index is 1.86. The number of aromatic amines is 1. The van der Waals surface area contributed by atoms with Crippen molar-refractivity contribution >= 4 is 16.7 Å². The maximum Gasteiger partial charge on any atom is 0.335 e. The number of carbonyl (C=O) groups is 1. The molecule has 1 unspecified atom stereocenters. The van der Waals surface area contributed by atoms with E-state index >= 15 is 0 Å². The molecule has 0 aliphatic heterocycles. The fourth-order valence-electron chi connectivity index (χ4n) is 2.72. The number of pyridine rings is 1. The van der Waals surface area contributed by atoms with Gasteiger partial charge in [-0.2, -0.15) is 0 Å². The van der Waals surface area contributed by atoms with Gasteiger partial charge in [-0.05, 0) is 35.4 Å². The monoisotopic (exact) mass is 337 g/mol. The first-order valence-corrected chi connectivity index (χ1v) is 8.14. The van der Waals surface area contributed by atoms with Crippen LogP contribution >= 0.6 is 0 Å². The van der Waals surface area contributed by atoms with E-state index in [2.05, 4.69) is 4.98 Å². The van der Waals surface area contributed by atoms with E-state index < -0.39 is 12.1 Å². The molecule has 128 valence electrons. The number of rotatable bonds is 5. The Morgan fingerprint density at radius 2 is 1.88 bits per heavy atom. The number of aromatic nitrogens is 1. The molecular weight excluding hydrogens is 318 g/mol. The molecule has 0 aliphatic rings. The number of H-pyrrole nitrogens is 1. The van der Waals surface area contributed by atoms with Crippen molar-refractivity contribution in [2.75, 3.05) is 6.61 Å². The third kappa shape index (κ3) is 3.78. The molecule has 1 atom stereocenters. The first kappa shape index (κ1) is 16.9. The van der Waals surface area contributed by atoms with Crippen LogP contribution in [0, 0.1) is 0 Å². The largest absolute Gasteiger partial charge is 0.464 e. The quantitative estimate of drug-likeness (QED) is 0.702. The summed E-state index contributed by atoms with van der Waals surface area (Å²) in [5.74, 6) is -0.722. The van der Waals surface area contributed by atoms with Crippen molar-refractivity contribution in [3.63, 3.8) is 0 Å². The average molecular weight is 337 g/mol. The van der Waals surface area contributed by atoms with Gasteiger partial charge in [-0.15, -0.1) is 0 Å². The van der Waals surface area contributed by atoms with Crippen LogP contribution in [0.15, 0.2) is 59.4 Å². The van der Waals surface area contributed by atoms with Crippen LogP contribution in [0.1, 0.15) is 12.5 Å². The van der Waals surface area contributed by atoms with Gasteiger partial charge in [-0.1, -0.05) is 42.5 Å². The second-order valence-electron chi connectivity index (χ2n) is 5.76. The SMILES string of the molecule is CCOC(=O)C(O)Cc1ccc(-c2ccc3ccccc3c2)[nH]c1=O. The summed E-state index contributed by atoms with van der Waals surface area (Å²) in [6.45, 7) is 1.85. The van der Waals surface area contributed by atoms with Crippen LogP contribution in [0.4, 0.5) is 0 Å². The molecule has 5 heteroatoms. The molecule has 1 heterocycles. The number of aliphatic hydroxyl groups excluding tert-OH is 1. The zero-order valence-corrected chi connectivity index (χ0v) is 13.9. The lowest BCUT2D eigenvalue weighted by molar-refractivity contribution is -0.152. The Morgan fingerprint density at radius 3 is 2.60 bits per heavy atom. The third-order valence-corrected chi connectivity index (χ3v) is 4.02. The number of fused-ring (bicyclic) bond motifs is 1. The van der Waals surface area contributed by atoms with Gasteiger partial charge in [0.2, 0.25) is 0 Å². The molecule has 1 aromatic heterocycles. The Labute approximate surface area is 144 Å². The zero-order valence-electron chi connectivity index (χ0n) is 13.9. The number of hydrogen-bond acceptors (Lipinski definition) is 4. The lowest BCUT2D eigenvalue weighted by Gasteiger charge is -2.10. The van der Waals surface area contributed by atoms with Crippen molar-refractivity contribution in [3.05, 3.63) is 70.5 Å². The minimum absolute atomic E-state index is 0.0772. The van der Waals surface area contributed by atoms with Gasteiger partial charge in [0.1, 0.15) is 0 Å². The standard InChI is InChI=1S/C20H19NO4/c1-2-25-20(24)18(22)12-16-9-10-17(21-19(16)23)15-8-7-13-5-3-4-6-14(13)11-15/h3-11,18,22H,2,12H2,1H3,(H,21,23). The molecule has 3 rings (SSSR count). The van der Waals surface area contributed by atoms with Gasteiger partial charge in [-0.25, -0.2) is 4.79 Å². The lowest BCUT2D eigenvalue weighted by atomic mass is 10.0. The number of ether oxygens (including phenoxy) is 1. The van der Waals surface area contributed by atoms with Gasteiger partial charge >= 0.3 is 5.97 Å². The summed E-state index contributed by atoms with van der Waals surface area (Å²) in [4.78, 5) is 26.6. The van der Waals surface area contributed by atoms with Crippen molar-refractivity contribution in [1.82, 2.24) is 4.98 Å². The molecule has 2 aromatic carbocycles. The summed E-state index contributed by atoms with van der Waals surface area (Å²) in [6.07, 6.45) is -1.42. The molecule has 3 aromatic rings. The molecule has 0 spiro atoms. The predicted octanol–water partition coefficient (Wildman–Crippen LogP) is 2.66. The topological polar surface area (TPSA) is 79.4 Å². The molecule has 25 heavy (non-hydrogen) atoms. The van der Waals surface area contributed by atoms with E-state index in [-0.39, 0.29) is 18.6 Å². The van der Waals surface area contributed by atoms with E-state index in [0.717, 1.165) is 16.3 Å². The highest BCUT2D eigenvalue weighted by Gasteiger charge is 2.18. The minimum Gasteiger partial charge on any atom is -0.464 e. The highest BCUT2D eigenvalue weighted by molar-refractivity contribution is 5.86. The molecule has 0 fully saturated rings. The van der Waals surface area contributed by atoms with Gasteiger partial charge in [0.15, 0.2) is 6.10 Å². The fourth-order valence-corrected chi connectivity index (χ4v) is 2.72. The number of esters is 1. The molecule has 0 bridgehead atoms. The van der Waals surface area contributed by atoms with Gasteiger partial charge in [-0.3, -0.25) is 4.79 Å². The number of carbonyl (C=O) groups excluding carboxylic acids is 1. The van der Waals surface area contributed by atoms with Gasteiger partial charge < -0.3 is 14.8 Å². The summed E-state index contributed by atoms with van der Waals surface area (Å²) in [5.41, 5.74) is 1.59. The third-order valence-electron chi connectivity index (χ3n) is 4.02. The Hall–Kier alpha value is -2.92. The molecule has 0 saturated carbocycles. The van der Waals surface area contributed by atoms with Crippen LogP contribution in [-0.2, 0) is 16.0 Å². The second-order valence-corrected chi connectivity index (χ2v) is 5.76. The number of aliphatic hydroxyl groups is 1. The Bertz CT molecular complexity index is 961. The Kier molecular flexibility index (Phi) is 4.95. The van der Waals surface area contributed by atoms with Crippen molar-refractivity contribution in [3.8, 4) is 11.3 Å². The average Bonchev–Trinajstić information content (AvgIpc) is 2.63. The van der Waals surface area contributed by atoms with E-state index in [0.29, 0.717) is 11.3 Å². The summed E-state index contributed by atoms with van der Waals surface area (Å²) >= 11 is 0. The Morgan fingerprint density at radius 1 is 1.12 bits per heavy atom. The molecule has 2 N–H and O–H groups in total. The summed E-state index contributed by atoms with van der Waals surface area (Å²) in [5, 5.41) is 12.0. The van der Waals surface area contributed by atoms with Gasteiger partial charge in [0, 0.05) is 17.7 Å². The van der Waals surface area contributed by atoms with Crippen molar-refractivity contribution in [1.29, 1.82) is 0 Å². The van der Waals surface area contributed by atoms with Crippen molar-refractivity contribution in [2.45, 2.75) is 19.4 Å². The molecule has 5 nitrogen and oxygen atoms in total. The van der Waals surface area contributed by atoms with Gasteiger partial charge in [0.05, 0.1) is 6.61 Å². The number of hydrogen-bond donors (Lipinski definition) is 2. The van der Waals surface area contributed by atoms with Gasteiger partial charge in [0.25, 0.3) is 5.56 Å². The molecule has 0 aliphatic carbocycles. The maximum absolute atomic E-state index is 12.3. The van der Waals surface area contributed by atoms with Crippen LogP contribution in [0.2, 0.25) is 0 Å². The highest BCUT2D eigenvalue weighted by Crippen LogP contribution is 2.22. The highest BCUT2D eigenvalue weighted by atomic mass is 16.5. The summed E-state index contributed by atoms with van der Waals surface area (Å²) in [6, 6.07) is 17.4. The summed E-state index contributed by atoms with van der Waals surface area (Å²) in [7, 11) is 0. The summed E-state index contributed by atoms with van der Waals surface area (Å²) < 4.78 is 4.75. The van der Waals surface area contributed by atoms with Crippen LogP contribution in [0.3, 0.4) is 0 Å². The number of nitrogens with one attached hydrogen (secondary N) is 1. The van der Waals surface area contributed by atoms with Crippen LogP contribution in [0.25, 0.3) is 22.0 Å². The fraction of sp³-hybridized carbons (Fsp3) is 0.200. The van der Waals surface area contributed by atoms with Crippen molar-refractivity contribution < 1.29 is 14.6 Å². The smallest absolute Gasteiger partial charge is 0.335 e. The number of benzene rings is 2. The first-order chi connectivity index (χ1) is 12.1. The van der Waals surface area contributed by atoms with E-state index in [9.17, 15) is 14.7 Å². The normalized spacial score (nSPS) is 12.1. The van der Waals surface area contributed by atoms with E-state index in [1.165, 1.54) is 0 Å². The van der Waals surface area contributed by atoms with Crippen LogP contribution < -0.4 is 5.56 Å². The van der Waals surface area contributed by atoms with E-state index in [1.54, 1.807) is 19.1 Å². The molecule has 0 radical (unpaired) electrons. The van der Waals surface area contributed by atoms with E-state index in [4.69, 9.17) is 4.74 Å². The predicted molar refractivity (Wildman–Crippen MR) is 96.3 cm³/mol. The minimum atomic E-state index is -1.34. The zero-order chi connectivity index (χ0) is 17.8.